The first kappa shape index (κ1) is 18.9. The summed E-state index contributed by atoms with van der Waals surface area (Å²) in [6.07, 6.45) is 2.04. The summed E-state index contributed by atoms with van der Waals surface area (Å²) in [4.78, 5) is 17.7. The van der Waals surface area contributed by atoms with Crippen molar-refractivity contribution >= 4 is 33.7 Å². The van der Waals surface area contributed by atoms with Gasteiger partial charge in [-0.2, -0.15) is 5.10 Å². The molecular weight excluding hydrogens is 364 g/mol. The van der Waals surface area contributed by atoms with Crippen molar-refractivity contribution in [1.82, 2.24) is 14.8 Å². The Hall–Kier alpha value is -3.41. The van der Waals surface area contributed by atoms with Crippen LogP contribution in [0.15, 0.2) is 48.5 Å². The molecule has 0 atom stereocenters. The maximum absolute atomic E-state index is 12.9. The number of pyridine rings is 1. The molecule has 0 radical (unpaired) electrons. The predicted octanol–water partition coefficient (Wildman–Crippen LogP) is 4.95. The highest BCUT2D eigenvalue weighted by molar-refractivity contribution is 6.10. The van der Waals surface area contributed by atoms with E-state index in [2.05, 4.69) is 42.5 Å². The number of carbonyl (C=O) groups is 1. The van der Waals surface area contributed by atoms with Gasteiger partial charge in [0, 0.05) is 11.9 Å². The zero-order valence-electron chi connectivity index (χ0n) is 16.9. The van der Waals surface area contributed by atoms with Crippen LogP contribution in [0.1, 0.15) is 35.7 Å². The first-order valence-corrected chi connectivity index (χ1v) is 9.83. The van der Waals surface area contributed by atoms with Gasteiger partial charge in [0.05, 0.1) is 23.6 Å². The SMILES string of the molecule is CCCCn1nc(NC(=O)c2ccccc2OC)c2cc3cc(C)ccc3nc21. The molecule has 2 aromatic heterocycles. The van der Waals surface area contributed by atoms with Crippen LogP contribution in [0, 0.1) is 6.92 Å². The molecule has 6 nitrogen and oxygen atoms in total. The molecule has 148 valence electrons. The summed E-state index contributed by atoms with van der Waals surface area (Å²) in [6.45, 7) is 4.95. The Balaban J connectivity index is 1.81. The first-order valence-electron chi connectivity index (χ1n) is 9.83. The van der Waals surface area contributed by atoms with Crippen LogP contribution < -0.4 is 10.1 Å². The smallest absolute Gasteiger partial charge is 0.260 e. The lowest BCUT2D eigenvalue weighted by atomic mass is 10.1. The van der Waals surface area contributed by atoms with Gasteiger partial charge < -0.3 is 10.1 Å². The Kier molecular flexibility index (Phi) is 5.16. The number of para-hydroxylation sites is 1. The highest BCUT2D eigenvalue weighted by atomic mass is 16.5. The number of rotatable bonds is 6. The van der Waals surface area contributed by atoms with E-state index in [1.54, 1.807) is 19.2 Å². The summed E-state index contributed by atoms with van der Waals surface area (Å²) in [5, 5.41) is 9.50. The first-order chi connectivity index (χ1) is 14.1. The maximum Gasteiger partial charge on any atom is 0.260 e. The molecule has 29 heavy (non-hydrogen) atoms. The van der Waals surface area contributed by atoms with Gasteiger partial charge in [-0.1, -0.05) is 37.1 Å². The topological polar surface area (TPSA) is 69.0 Å². The monoisotopic (exact) mass is 388 g/mol. The summed E-state index contributed by atoms with van der Waals surface area (Å²) in [7, 11) is 1.55. The molecule has 2 aromatic carbocycles. The maximum atomic E-state index is 12.9. The molecule has 1 amide bonds. The molecule has 0 spiro atoms. The average Bonchev–Trinajstić information content (AvgIpc) is 3.06. The van der Waals surface area contributed by atoms with Gasteiger partial charge in [0.2, 0.25) is 0 Å². The third kappa shape index (κ3) is 3.66. The van der Waals surface area contributed by atoms with E-state index in [-0.39, 0.29) is 5.91 Å². The highest BCUT2D eigenvalue weighted by Gasteiger charge is 2.18. The Morgan fingerprint density at radius 2 is 2.00 bits per heavy atom. The molecule has 4 rings (SSSR count). The van der Waals surface area contributed by atoms with Gasteiger partial charge in [0.1, 0.15) is 5.75 Å². The van der Waals surface area contributed by atoms with E-state index in [1.165, 1.54) is 0 Å². The van der Waals surface area contributed by atoms with Crippen LogP contribution in [0.25, 0.3) is 21.9 Å². The number of nitrogens with one attached hydrogen (secondary N) is 1. The molecule has 0 bridgehead atoms. The van der Waals surface area contributed by atoms with E-state index in [0.717, 1.165) is 46.9 Å². The molecule has 0 fully saturated rings. The van der Waals surface area contributed by atoms with Crippen molar-refractivity contribution in [3.05, 3.63) is 59.7 Å². The quantitative estimate of drug-likeness (QED) is 0.507. The number of ether oxygens (including phenoxy) is 1. The molecular formula is C23H24N4O2. The third-order valence-corrected chi connectivity index (χ3v) is 4.98. The van der Waals surface area contributed by atoms with Gasteiger partial charge in [-0.25, -0.2) is 9.67 Å². The average molecular weight is 388 g/mol. The molecule has 0 saturated carbocycles. The van der Waals surface area contributed by atoms with Crippen molar-refractivity contribution in [1.29, 1.82) is 0 Å². The lowest BCUT2D eigenvalue weighted by Crippen LogP contribution is -2.14. The van der Waals surface area contributed by atoms with Gasteiger partial charge >= 0.3 is 0 Å². The summed E-state index contributed by atoms with van der Waals surface area (Å²) < 4.78 is 7.21. The van der Waals surface area contributed by atoms with Gasteiger partial charge in [-0.15, -0.1) is 0 Å². The van der Waals surface area contributed by atoms with Crippen LogP contribution in [0.4, 0.5) is 5.82 Å². The number of anilines is 1. The number of amides is 1. The van der Waals surface area contributed by atoms with Crippen LogP contribution in [-0.4, -0.2) is 27.8 Å². The lowest BCUT2D eigenvalue weighted by Gasteiger charge is -2.07. The third-order valence-electron chi connectivity index (χ3n) is 4.98. The van der Waals surface area contributed by atoms with Crippen LogP contribution in [0.2, 0.25) is 0 Å². The van der Waals surface area contributed by atoms with Gasteiger partial charge in [-0.3, -0.25) is 4.79 Å². The highest BCUT2D eigenvalue weighted by Crippen LogP contribution is 2.28. The zero-order chi connectivity index (χ0) is 20.4. The Labute approximate surface area is 169 Å². The second kappa shape index (κ2) is 7.91. The summed E-state index contributed by atoms with van der Waals surface area (Å²) in [5.41, 5.74) is 3.33. The van der Waals surface area contributed by atoms with Gasteiger partial charge in [0.15, 0.2) is 11.5 Å². The van der Waals surface area contributed by atoms with Crippen molar-refractivity contribution in [2.75, 3.05) is 12.4 Å². The number of aromatic nitrogens is 3. The molecule has 0 saturated heterocycles. The Morgan fingerprint density at radius 1 is 1.17 bits per heavy atom. The van der Waals surface area contributed by atoms with E-state index >= 15 is 0 Å². The van der Waals surface area contributed by atoms with Crippen LogP contribution in [0.3, 0.4) is 0 Å². The van der Waals surface area contributed by atoms with Gasteiger partial charge in [-0.05, 0) is 43.7 Å². The van der Waals surface area contributed by atoms with Crippen molar-refractivity contribution in [3.63, 3.8) is 0 Å². The van der Waals surface area contributed by atoms with Crippen LogP contribution in [-0.2, 0) is 6.54 Å². The summed E-state index contributed by atoms with van der Waals surface area (Å²) in [6, 6.07) is 15.4. The lowest BCUT2D eigenvalue weighted by molar-refractivity contribution is 0.102. The number of hydrogen-bond acceptors (Lipinski definition) is 4. The fraction of sp³-hybridized carbons (Fsp3) is 0.261. The molecule has 0 aliphatic heterocycles. The van der Waals surface area contributed by atoms with E-state index < -0.39 is 0 Å². The van der Waals surface area contributed by atoms with E-state index in [4.69, 9.17) is 9.72 Å². The number of methoxy groups -OCH3 is 1. The fourth-order valence-corrected chi connectivity index (χ4v) is 3.44. The molecule has 1 N–H and O–H groups in total. The molecule has 0 unspecified atom stereocenters. The standard InChI is InChI=1S/C23H24N4O2/c1-4-5-12-27-22-18(14-16-13-15(2)10-11-19(16)24-22)21(26-27)25-23(28)17-8-6-7-9-20(17)29-3/h6-11,13-14H,4-5,12H2,1-3H3,(H,25,26,28). The van der Waals surface area contributed by atoms with E-state index in [0.29, 0.717) is 17.1 Å². The number of nitrogens with zero attached hydrogens (tertiary/aromatic N) is 3. The summed E-state index contributed by atoms with van der Waals surface area (Å²) >= 11 is 0. The molecule has 6 heteroatoms. The van der Waals surface area contributed by atoms with E-state index in [1.807, 2.05) is 22.9 Å². The molecule has 0 aliphatic carbocycles. The Bertz CT molecular complexity index is 1200. The van der Waals surface area contributed by atoms with Crippen LogP contribution >= 0.6 is 0 Å². The predicted molar refractivity (Wildman–Crippen MR) is 116 cm³/mol. The minimum absolute atomic E-state index is 0.256. The number of aryl methyl sites for hydroxylation is 2. The number of hydrogen-bond donors (Lipinski definition) is 1. The molecule has 4 aromatic rings. The molecule has 0 aliphatic rings. The minimum Gasteiger partial charge on any atom is -0.496 e. The van der Waals surface area contributed by atoms with Crippen molar-refractivity contribution < 1.29 is 9.53 Å². The molecule has 2 heterocycles. The number of carbonyl (C=O) groups excluding carboxylic acids is 1. The fourth-order valence-electron chi connectivity index (χ4n) is 3.44. The second-order valence-corrected chi connectivity index (χ2v) is 7.14. The van der Waals surface area contributed by atoms with E-state index in [9.17, 15) is 4.79 Å². The largest absolute Gasteiger partial charge is 0.496 e. The Morgan fingerprint density at radius 3 is 2.79 bits per heavy atom. The minimum atomic E-state index is -0.256. The van der Waals surface area contributed by atoms with Crippen molar-refractivity contribution in [2.45, 2.75) is 33.2 Å². The van der Waals surface area contributed by atoms with Crippen molar-refractivity contribution in [3.8, 4) is 5.75 Å². The number of unbranched alkanes of at least 4 members (excludes halogenated alkanes) is 1. The summed E-state index contributed by atoms with van der Waals surface area (Å²) in [5.74, 6) is 0.788. The number of benzene rings is 2. The van der Waals surface area contributed by atoms with Crippen molar-refractivity contribution in [2.24, 2.45) is 0 Å². The zero-order valence-corrected chi connectivity index (χ0v) is 16.9. The van der Waals surface area contributed by atoms with Crippen LogP contribution in [0.5, 0.6) is 5.75 Å². The number of fused-ring (bicyclic) bond motifs is 2. The second-order valence-electron chi connectivity index (χ2n) is 7.14. The van der Waals surface area contributed by atoms with Gasteiger partial charge in [0.25, 0.3) is 5.91 Å². The normalized spacial score (nSPS) is 11.1.